The van der Waals surface area contributed by atoms with Crippen molar-refractivity contribution in [1.29, 1.82) is 0 Å². The van der Waals surface area contributed by atoms with E-state index in [0.29, 0.717) is 21.7 Å². The van der Waals surface area contributed by atoms with Crippen LogP contribution in [-0.4, -0.2) is 9.55 Å². The second-order valence-corrected chi connectivity index (χ2v) is 6.11. The fourth-order valence-corrected chi connectivity index (χ4v) is 3.75. The minimum absolute atomic E-state index is 0.165. The normalized spacial score (nSPS) is 18.6. The van der Waals surface area contributed by atoms with Crippen LogP contribution in [0, 0.1) is 22.3 Å². The fraction of sp³-hybridized carbons (Fsp3) is 0.533. The van der Waals surface area contributed by atoms with Gasteiger partial charge in [0.25, 0.3) is 0 Å². The highest BCUT2D eigenvalue weighted by atomic mass is 32.1. The summed E-state index contributed by atoms with van der Waals surface area (Å²) in [6.07, 6.45) is 6.06. The van der Waals surface area contributed by atoms with E-state index in [1.165, 1.54) is 25.3 Å². The van der Waals surface area contributed by atoms with Crippen molar-refractivity contribution in [2.24, 2.45) is 5.92 Å². The Morgan fingerprint density at radius 1 is 1.25 bits per heavy atom. The van der Waals surface area contributed by atoms with Crippen LogP contribution >= 0.6 is 12.2 Å². The molecule has 0 aliphatic heterocycles. The molecule has 0 bridgehead atoms. The van der Waals surface area contributed by atoms with E-state index in [-0.39, 0.29) is 6.04 Å². The molecule has 1 aromatic carbocycles. The summed E-state index contributed by atoms with van der Waals surface area (Å²) in [5.74, 6) is -0.616. The Hall–Kier alpha value is -1.23. The van der Waals surface area contributed by atoms with Gasteiger partial charge in [-0.3, -0.25) is 0 Å². The summed E-state index contributed by atoms with van der Waals surface area (Å²) in [5.41, 5.74) is 0.838. The summed E-state index contributed by atoms with van der Waals surface area (Å²) in [5, 5.41) is 0. The van der Waals surface area contributed by atoms with Crippen LogP contribution in [0.3, 0.4) is 0 Å². The number of imidazole rings is 1. The first-order chi connectivity index (χ1) is 9.58. The number of nitrogens with one attached hydrogen (secondary N) is 1. The first-order valence-corrected chi connectivity index (χ1v) is 7.58. The molecule has 1 fully saturated rings. The average Bonchev–Trinajstić information content (AvgIpc) is 2.76. The molecule has 1 unspecified atom stereocenters. The highest BCUT2D eigenvalue weighted by Crippen LogP contribution is 2.35. The van der Waals surface area contributed by atoms with E-state index in [4.69, 9.17) is 12.2 Å². The van der Waals surface area contributed by atoms with Crippen molar-refractivity contribution in [3.05, 3.63) is 28.5 Å². The van der Waals surface area contributed by atoms with E-state index < -0.39 is 11.6 Å². The number of aromatic nitrogens is 2. The maximum absolute atomic E-state index is 13.8. The van der Waals surface area contributed by atoms with E-state index in [0.717, 1.165) is 18.9 Å². The number of benzene rings is 1. The number of halogens is 2. The highest BCUT2D eigenvalue weighted by Gasteiger charge is 2.24. The van der Waals surface area contributed by atoms with Gasteiger partial charge in [-0.2, -0.15) is 0 Å². The summed E-state index contributed by atoms with van der Waals surface area (Å²) in [6.45, 7) is 2.10. The van der Waals surface area contributed by atoms with E-state index in [1.54, 1.807) is 0 Å². The molecule has 1 aliphatic carbocycles. The standard InChI is InChI=1S/C15H18F2N2S/c1-9(10-5-3-2-4-6-10)19-13-8-11(16)7-12(17)14(13)18-15(19)20/h7-10H,2-6H2,1H3,(H,18,20). The minimum atomic E-state index is -0.583. The lowest BCUT2D eigenvalue weighted by Gasteiger charge is -2.29. The van der Waals surface area contributed by atoms with Gasteiger partial charge in [-0.25, -0.2) is 8.78 Å². The SMILES string of the molecule is CC(C1CCCCC1)n1c(=S)[nH]c2c(F)cc(F)cc21. The minimum Gasteiger partial charge on any atom is -0.328 e. The molecule has 1 saturated carbocycles. The predicted octanol–water partition coefficient (Wildman–Crippen LogP) is 5.12. The Kier molecular flexibility index (Phi) is 3.63. The number of hydrogen-bond donors (Lipinski definition) is 1. The fourth-order valence-electron chi connectivity index (χ4n) is 3.38. The van der Waals surface area contributed by atoms with Gasteiger partial charge in [-0.05, 0) is 44.0 Å². The molecule has 2 aromatic rings. The van der Waals surface area contributed by atoms with Crippen LogP contribution in [0.15, 0.2) is 12.1 Å². The second-order valence-electron chi connectivity index (χ2n) is 5.72. The Morgan fingerprint density at radius 3 is 2.65 bits per heavy atom. The number of aromatic amines is 1. The molecule has 0 saturated heterocycles. The van der Waals surface area contributed by atoms with Gasteiger partial charge in [0.05, 0.1) is 5.52 Å². The average molecular weight is 296 g/mol. The largest absolute Gasteiger partial charge is 0.328 e. The lowest BCUT2D eigenvalue weighted by atomic mass is 9.84. The van der Waals surface area contributed by atoms with E-state index in [1.807, 2.05) is 4.57 Å². The monoisotopic (exact) mass is 296 g/mol. The molecular formula is C15H18F2N2S. The third kappa shape index (κ3) is 2.28. The first-order valence-electron chi connectivity index (χ1n) is 7.17. The molecule has 5 heteroatoms. The van der Waals surface area contributed by atoms with Crippen molar-refractivity contribution in [3.8, 4) is 0 Å². The molecule has 0 spiro atoms. The predicted molar refractivity (Wildman–Crippen MR) is 78.3 cm³/mol. The van der Waals surface area contributed by atoms with Crippen LogP contribution in [0.2, 0.25) is 0 Å². The molecule has 2 nitrogen and oxygen atoms in total. The van der Waals surface area contributed by atoms with Crippen LogP contribution < -0.4 is 0 Å². The quantitative estimate of drug-likeness (QED) is 0.763. The molecule has 1 aromatic heterocycles. The van der Waals surface area contributed by atoms with Gasteiger partial charge < -0.3 is 9.55 Å². The van der Waals surface area contributed by atoms with Crippen molar-refractivity contribution < 1.29 is 8.78 Å². The number of fused-ring (bicyclic) bond motifs is 1. The molecule has 0 amide bonds. The van der Waals surface area contributed by atoms with Crippen molar-refractivity contribution in [2.45, 2.75) is 45.1 Å². The molecule has 108 valence electrons. The Labute approximate surface area is 121 Å². The maximum atomic E-state index is 13.8. The molecule has 20 heavy (non-hydrogen) atoms. The van der Waals surface area contributed by atoms with Crippen molar-refractivity contribution in [2.75, 3.05) is 0 Å². The second kappa shape index (κ2) is 5.28. The molecule has 1 N–H and O–H groups in total. The highest BCUT2D eigenvalue weighted by molar-refractivity contribution is 7.71. The Balaban J connectivity index is 2.10. The topological polar surface area (TPSA) is 20.7 Å². The summed E-state index contributed by atoms with van der Waals surface area (Å²) in [7, 11) is 0. The zero-order valence-corrected chi connectivity index (χ0v) is 12.3. The van der Waals surface area contributed by atoms with Gasteiger partial charge in [0, 0.05) is 12.1 Å². The molecular weight excluding hydrogens is 278 g/mol. The molecule has 0 radical (unpaired) electrons. The van der Waals surface area contributed by atoms with Crippen LogP contribution in [0.1, 0.15) is 45.1 Å². The van der Waals surface area contributed by atoms with E-state index >= 15 is 0 Å². The van der Waals surface area contributed by atoms with Crippen molar-refractivity contribution >= 4 is 23.3 Å². The van der Waals surface area contributed by atoms with Crippen LogP contribution in [0.5, 0.6) is 0 Å². The van der Waals surface area contributed by atoms with Crippen molar-refractivity contribution in [1.82, 2.24) is 9.55 Å². The van der Waals surface area contributed by atoms with Gasteiger partial charge in [0.2, 0.25) is 0 Å². The summed E-state index contributed by atoms with van der Waals surface area (Å²) >= 11 is 5.32. The van der Waals surface area contributed by atoms with Gasteiger partial charge >= 0.3 is 0 Å². The summed E-state index contributed by atoms with van der Waals surface area (Å²) in [6, 6.07) is 2.42. The molecule has 1 heterocycles. The van der Waals surface area contributed by atoms with Crippen LogP contribution in [-0.2, 0) is 0 Å². The van der Waals surface area contributed by atoms with E-state index in [2.05, 4.69) is 11.9 Å². The Morgan fingerprint density at radius 2 is 1.95 bits per heavy atom. The Bertz CT molecular complexity index is 683. The third-order valence-corrected chi connectivity index (χ3v) is 4.78. The third-order valence-electron chi connectivity index (χ3n) is 4.48. The number of rotatable bonds is 2. The van der Waals surface area contributed by atoms with E-state index in [9.17, 15) is 8.78 Å². The first kappa shape index (κ1) is 13.7. The summed E-state index contributed by atoms with van der Waals surface area (Å²) < 4.78 is 29.7. The smallest absolute Gasteiger partial charge is 0.178 e. The lowest BCUT2D eigenvalue weighted by molar-refractivity contribution is 0.266. The van der Waals surface area contributed by atoms with Crippen molar-refractivity contribution in [3.63, 3.8) is 0 Å². The zero-order chi connectivity index (χ0) is 14.3. The molecule has 3 rings (SSSR count). The maximum Gasteiger partial charge on any atom is 0.178 e. The summed E-state index contributed by atoms with van der Waals surface area (Å²) in [4.78, 5) is 2.88. The molecule has 1 atom stereocenters. The molecule has 1 aliphatic rings. The zero-order valence-electron chi connectivity index (χ0n) is 11.5. The number of nitrogens with zero attached hydrogens (tertiary/aromatic N) is 1. The van der Waals surface area contributed by atoms with Crippen LogP contribution in [0.25, 0.3) is 11.0 Å². The number of H-pyrrole nitrogens is 1. The number of hydrogen-bond acceptors (Lipinski definition) is 1. The van der Waals surface area contributed by atoms with Gasteiger partial charge in [0.1, 0.15) is 11.3 Å². The lowest BCUT2D eigenvalue weighted by Crippen LogP contribution is -2.19. The van der Waals surface area contributed by atoms with Gasteiger partial charge in [-0.1, -0.05) is 19.3 Å². The van der Waals surface area contributed by atoms with Gasteiger partial charge in [-0.15, -0.1) is 0 Å². The van der Waals surface area contributed by atoms with Gasteiger partial charge in [0.15, 0.2) is 10.6 Å². The van der Waals surface area contributed by atoms with Crippen LogP contribution in [0.4, 0.5) is 8.78 Å².